The molecule has 0 aromatic heterocycles. The van der Waals surface area contributed by atoms with Crippen LogP contribution in [0.1, 0.15) is 67.7 Å². The molecule has 1 rings (SSSR count). The maximum Gasteiger partial charge on any atom is 0.190 e. The fraction of sp³-hybridized carbons (Fsp3) is 1.00. The summed E-state index contributed by atoms with van der Waals surface area (Å²) in [5.74, 6) is 3.46. The van der Waals surface area contributed by atoms with Crippen LogP contribution in [0.15, 0.2) is 0 Å². The molecule has 3 unspecified atom stereocenters. The van der Waals surface area contributed by atoms with Gasteiger partial charge in [0.2, 0.25) is 0 Å². The van der Waals surface area contributed by atoms with Crippen molar-refractivity contribution in [3.63, 3.8) is 0 Å². The number of hydrogen-bond donors (Lipinski definition) is 1. The Hall–Kier alpha value is 0.415. The maximum atomic E-state index is 4.62. The molecule has 0 heterocycles. The standard InChI is InChI=1S/C16H33BS/c1-11(16(5,6)7)13-8-12(9-14(13)17-18)10-15(2,3)4/h11-14,17-18H,8-10H2,1-7H3/t11-,12?,13?,14?/m1/s1. The molecule has 0 bridgehead atoms. The highest BCUT2D eigenvalue weighted by atomic mass is 32.1. The minimum atomic E-state index is 0.433. The van der Waals surface area contributed by atoms with Gasteiger partial charge < -0.3 is 0 Å². The second-order valence-corrected chi connectivity index (χ2v) is 9.23. The van der Waals surface area contributed by atoms with Gasteiger partial charge in [-0.2, -0.15) is 0 Å². The van der Waals surface area contributed by atoms with Gasteiger partial charge in [-0.15, -0.1) is 0 Å². The second kappa shape index (κ2) is 5.81. The first kappa shape index (κ1) is 16.5. The van der Waals surface area contributed by atoms with Crippen LogP contribution in [0.5, 0.6) is 0 Å². The highest BCUT2D eigenvalue weighted by molar-refractivity contribution is 8.07. The highest BCUT2D eigenvalue weighted by Crippen LogP contribution is 2.51. The lowest BCUT2D eigenvalue weighted by Crippen LogP contribution is -2.27. The van der Waals surface area contributed by atoms with E-state index in [1.54, 1.807) is 0 Å². The van der Waals surface area contributed by atoms with Crippen molar-refractivity contribution < 1.29 is 0 Å². The zero-order chi connectivity index (χ0) is 14.1. The van der Waals surface area contributed by atoms with Gasteiger partial charge in [0.1, 0.15) is 0 Å². The first-order valence-electron chi connectivity index (χ1n) is 7.65. The quantitative estimate of drug-likeness (QED) is 0.528. The Morgan fingerprint density at radius 1 is 1.11 bits per heavy atom. The van der Waals surface area contributed by atoms with Crippen LogP contribution in [-0.2, 0) is 0 Å². The second-order valence-electron chi connectivity index (χ2n) is 8.86. The van der Waals surface area contributed by atoms with Crippen LogP contribution in [0.4, 0.5) is 0 Å². The minimum Gasteiger partial charge on any atom is -0.231 e. The Morgan fingerprint density at radius 3 is 2.06 bits per heavy atom. The van der Waals surface area contributed by atoms with Crippen molar-refractivity contribution in [2.75, 3.05) is 0 Å². The van der Waals surface area contributed by atoms with E-state index < -0.39 is 0 Å². The third-order valence-corrected chi connectivity index (χ3v) is 5.46. The van der Waals surface area contributed by atoms with Crippen molar-refractivity contribution in [3.8, 4) is 0 Å². The van der Waals surface area contributed by atoms with E-state index in [2.05, 4.69) is 60.9 Å². The Bertz CT molecular complexity index is 261. The van der Waals surface area contributed by atoms with Gasteiger partial charge in [-0.1, -0.05) is 60.7 Å². The van der Waals surface area contributed by atoms with E-state index in [0.717, 1.165) is 30.1 Å². The van der Waals surface area contributed by atoms with Crippen molar-refractivity contribution in [2.24, 2.45) is 28.6 Å². The molecule has 1 aliphatic rings. The summed E-state index contributed by atoms with van der Waals surface area (Å²) in [5.41, 5.74) is 0.911. The zero-order valence-electron chi connectivity index (χ0n) is 13.6. The van der Waals surface area contributed by atoms with Crippen LogP contribution < -0.4 is 0 Å². The molecule has 0 aromatic rings. The van der Waals surface area contributed by atoms with Crippen molar-refractivity contribution in [1.29, 1.82) is 0 Å². The Kier molecular flexibility index (Phi) is 5.32. The third-order valence-electron chi connectivity index (χ3n) is 4.99. The molecular weight excluding hydrogens is 235 g/mol. The first-order valence-corrected chi connectivity index (χ1v) is 8.28. The molecule has 1 aliphatic carbocycles. The summed E-state index contributed by atoms with van der Waals surface area (Å²) in [5, 5.41) is 0. The predicted octanol–water partition coefficient (Wildman–Crippen LogP) is 5.20. The average molecular weight is 268 g/mol. The van der Waals surface area contributed by atoms with Crippen LogP contribution in [0.25, 0.3) is 0 Å². The van der Waals surface area contributed by atoms with E-state index in [4.69, 9.17) is 0 Å². The smallest absolute Gasteiger partial charge is 0.190 e. The maximum absolute atomic E-state index is 4.62. The van der Waals surface area contributed by atoms with Crippen molar-refractivity contribution in [3.05, 3.63) is 0 Å². The molecule has 0 radical (unpaired) electrons. The topological polar surface area (TPSA) is 0 Å². The van der Waals surface area contributed by atoms with Crippen molar-refractivity contribution >= 4 is 19.0 Å². The number of thiol groups is 1. The lowest BCUT2D eigenvalue weighted by Gasteiger charge is -2.35. The predicted molar refractivity (Wildman–Crippen MR) is 88.8 cm³/mol. The van der Waals surface area contributed by atoms with Gasteiger partial charge in [0, 0.05) is 0 Å². The largest absolute Gasteiger partial charge is 0.231 e. The van der Waals surface area contributed by atoms with Crippen molar-refractivity contribution in [2.45, 2.75) is 73.5 Å². The van der Waals surface area contributed by atoms with Crippen molar-refractivity contribution in [1.82, 2.24) is 0 Å². The van der Waals surface area contributed by atoms with Crippen LogP contribution in [0, 0.1) is 28.6 Å². The van der Waals surface area contributed by atoms with Crippen LogP contribution >= 0.6 is 12.5 Å². The van der Waals surface area contributed by atoms with Gasteiger partial charge in [-0.25, -0.2) is 12.5 Å². The van der Waals surface area contributed by atoms with Gasteiger partial charge in [0.25, 0.3) is 0 Å². The fourth-order valence-electron chi connectivity index (χ4n) is 3.77. The summed E-state index contributed by atoms with van der Waals surface area (Å²) in [6, 6.07) is 0. The van der Waals surface area contributed by atoms with Crippen LogP contribution in [0.3, 0.4) is 0 Å². The molecule has 1 fully saturated rings. The molecule has 18 heavy (non-hydrogen) atoms. The monoisotopic (exact) mass is 268 g/mol. The number of rotatable bonds is 3. The summed E-state index contributed by atoms with van der Waals surface area (Å²) in [6.07, 6.45) is 4.22. The van der Waals surface area contributed by atoms with E-state index in [-0.39, 0.29) is 0 Å². The average Bonchev–Trinajstić information content (AvgIpc) is 2.55. The summed E-state index contributed by atoms with van der Waals surface area (Å²) < 4.78 is 0. The van der Waals surface area contributed by atoms with Gasteiger partial charge in [0.15, 0.2) is 6.56 Å². The van der Waals surface area contributed by atoms with E-state index in [1.807, 2.05) is 0 Å². The van der Waals surface area contributed by atoms with Gasteiger partial charge in [-0.3, -0.25) is 0 Å². The van der Waals surface area contributed by atoms with E-state index in [9.17, 15) is 0 Å². The molecule has 2 heteroatoms. The Morgan fingerprint density at radius 2 is 1.67 bits per heavy atom. The summed E-state index contributed by atoms with van der Waals surface area (Å²) in [6.45, 7) is 17.8. The molecule has 0 aliphatic heterocycles. The molecule has 0 aromatic carbocycles. The van der Waals surface area contributed by atoms with E-state index in [1.165, 1.54) is 19.3 Å². The Labute approximate surface area is 121 Å². The summed E-state index contributed by atoms with van der Waals surface area (Å²) in [7, 11) is 0. The van der Waals surface area contributed by atoms with E-state index >= 15 is 0 Å². The lowest BCUT2D eigenvalue weighted by molar-refractivity contribution is 0.172. The first-order chi connectivity index (χ1) is 8.04. The molecule has 1 saturated carbocycles. The zero-order valence-corrected chi connectivity index (χ0v) is 14.5. The summed E-state index contributed by atoms with van der Waals surface area (Å²) >= 11 is 4.62. The molecule has 0 nitrogen and oxygen atoms in total. The van der Waals surface area contributed by atoms with E-state index in [0.29, 0.717) is 10.8 Å². The van der Waals surface area contributed by atoms with Crippen LogP contribution in [-0.4, -0.2) is 6.56 Å². The lowest BCUT2D eigenvalue weighted by atomic mass is 9.65. The third kappa shape index (κ3) is 4.51. The van der Waals surface area contributed by atoms with Crippen LogP contribution in [0.2, 0.25) is 5.82 Å². The minimum absolute atomic E-state index is 0.433. The van der Waals surface area contributed by atoms with Gasteiger partial charge in [-0.05, 0) is 41.4 Å². The summed E-state index contributed by atoms with van der Waals surface area (Å²) in [4.78, 5) is 0. The molecule has 0 spiro atoms. The van der Waals surface area contributed by atoms with Gasteiger partial charge in [0.05, 0.1) is 0 Å². The Balaban J connectivity index is 2.70. The molecule has 106 valence electrons. The highest BCUT2D eigenvalue weighted by Gasteiger charge is 2.41. The fourth-order valence-corrected chi connectivity index (χ4v) is 4.19. The molecule has 0 amide bonds. The molecule has 0 N–H and O–H groups in total. The number of hydrogen-bond acceptors (Lipinski definition) is 1. The van der Waals surface area contributed by atoms with Gasteiger partial charge >= 0.3 is 0 Å². The SMILES string of the molecule is C[C@H](C1CC(CC(C)(C)C)CC1BS)C(C)(C)C. The molecular formula is C16H33BS. The normalized spacial score (nSPS) is 31.4. The molecule has 0 saturated heterocycles. The molecule has 4 atom stereocenters.